The fourth-order valence-corrected chi connectivity index (χ4v) is 1.68. The third-order valence-corrected chi connectivity index (χ3v) is 2.16. The van der Waals surface area contributed by atoms with Crippen molar-refractivity contribution in [2.24, 2.45) is 5.73 Å². The van der Waals surface area contributed by atoms with Gasteiger partial charge in [0.15, 0.2) is 0 Å². The Kier molecular flexibility index (Phi) is 2.77. The van der Waals surface area contributed by atoms with Crippen LogP contribution in [0.2, 0.25) is 10.0 Å². The van der Waals surface area contributed by atoms with Crippen molar-refractivity contribution in [3.8, 4) is 0 Å². The van der Waals surface area contributed by atoms with Gasteiger partial charge in [0.2, 0.25) is 0 Å². The van der Waals surface area contributed by atoms with E-state index in [-0.39, 0.29) is 0 Å². The van der Waals surface area contributed by atoms with Crippen LogP contribution >= 0.6 is 23.2 Å². The summed E-state index contributed by atoms with van der Waals surface area (Å²) in [6.45, 7) is 2.33. The van der Waals surface area contributed by atoms with E-state index in [4.69, 9.17) is 28.9 Å². The van der Waals surface area contributed by atoms with E-state index in [0.717, 1.165) is 11.1 Å². The monoisotopic (exact) mass is 189 g/mol. The molecule has 11 heavy (non-hydrogen) atoms. The van der Waals surface area contributed by atoms with Gasteiger partial charge in [-0.15, -0.1) is 0 Å². The SMILES string of the molecule is Cc1cc(Cl)c(CN)c(Cl)c1. The van der Waals surface area contributed by atoms with E-state index in [9.17, 15) is 0 Å². The third-order valence-electron chi connectivity index (χ3n) is 1.49. The molecule has 0 unspecified atom stereocenters. The Bertz CT molecular complexity index is 248. The van der Waals surface area contributed by atoms with Crippen LogP contribution in [0, 0.1) is 6.92 Å². The zero-order valence-corrected chi connectivity index (χ0v) is 7.71. The van der Waals surface area contributed by atoms with Crippen LogP contribution in [0.15, 0.2) is 12.1 Å². The van der Waals surface area contributed by atoms with E-state index in [1.54, 1.807) is 0 Å². The molecule has 1 aromatic carbocycles. The van der Waals surface area contributed by atoms with Gasteiger partial charge in [-0.2, -0.15) is 0 Å². The zero-order chi connectivity index (χ0) is 8.43. The minimum Gasteiger partial charge on any atom is -0.326 e. The summed E-state index contributed by atoms with van der Waals surface area (Å²) >= 11 is 11.7. The van der Waals surface area contributed by atoms with Gasteiger partial charge in [-0.05, 0) is 24.6 Å². The third kappa shape index (κ3) is 1.86. The van der Waals surface area contributed by atoms with E-state index in [2.05, 4.69) is 0 Å². The Labute approximate surface area is 76.1 Å². The fourth-order valence-electron chi connectivity index (χ4n) is 0.925. The highest BCUT2D eigenvalue weighted by Gasteiger charge is 2.03. The van der Waals surface area contributed by atoms with Gasteiger partial charge in [-0.3, -0.25) is 0 Å². The normalized spacial score (nSPS) is 10.2. The van der Waals surface area contributed by atoms with Gasteiger partial charge < -0.3 is 5.73 Å². The Hall–Kier alpha value is -0.240. The van der Waals surface area contributed by atoms with Crippen molar-refractivity contribution in [3.63, 3.8) is 0 Å². The fraction of sp³-hybridized carbons (Fsp3) is 0.250. The van der Waals surface area contributed by atoms with Gasteiger partial charge in [0.1, 0.15) is 0 Å². The molecule has 1 aromatic rings. The van der Waals surface area contributed by atoms with Gasteiger partial charge in [-0.25, -0.2) is 0 Å². The average molecular weight is 190 g/mol. The van der Waals surface area contributed by atoms with Crippen LogP contribution in [0.3, 0.4) is 0 Å². The predicted octanol–water partition coefficient (Wildman–Crippen LogP) is 2.76. The highest BCUT2D eigenvalue weighted by atomic mass is 35.5. The molecule has 0 fully saturated rings. The van der Waals surface area contributed by atoms with Crippen LogP contribution in [0.25, 0.3) is 0 Å². The molecule has 0 aliphatic carbocycles. The molecule has 1 nitrogen and oxygen atoms in total. The lowest BCUT2D eigenvalue weighted by Gasteiger charge is -2.04. The standard InChI is InChI=1S/C8H9Cl2N/c1-5-2-7(9)6(4-11)8(10)3-5/h2-3H,4,11H2,1H3. The van der Waals surface area contributed by atoms with E-state index in [0.29, 0.717) is 16.6 Å². The lowest BCUT2D eigenvalue weighted by Crippen LogP contribution is -1.98. The Morgan fingerprint density at radius 2 is 1.73 bits per heavy atom. The first-order valence-corrected chi connectivity index (χ1v) is 4.05. The van der Waals surface area contributed by atoms with Crippen LogP contribution < -0.4 is 5.73 Å². The molecule has 0 saturated carbocycles. The van der Waals surface area contributed by atoms with Crippen LogP contribution in [-0.4, -0.2) is 0 Å². The molecule has 0 spiro atoms. The van der Waals surface area contributed by atoms with E-state index < -0.39 is 0 Å². The van der Waals surface area contributed by atoms with Crippen molar-refractivity contribution in [3.05, 3.63) is 33.3 Å². The first-order valence-electron chi connectivity index (χ1n) is 3.29. The highest BCUT2D eigenvalue weighted by Crippen LogP contribution is 2.25. The molecule has 0 bridgehead atoms. The van der Waals surface area contributed by atoms with Crippen LogP contribution in [0.5, 0.6) is 0 Å². The summed E-state index contributed by atoms with van der Waals surface area (Å²) < 4.78 is 0. The maximum absolute atomic E-state index is 5.87. The van der Waals surface area contributed by atoms with E-state index in [1.165, 1.54) is 0 Å². The maximum Gasteiger partial charge on any atom is 0.0468 e. The molecule has 0 atom stereocenters. The number of benzene rings is 1. The van der Waals surface area contributed by atoms with Crippen LogP contribution in [0.4, 0.5) is 0 Å². The molecule has 0 aromatic heterocycles. The second kappa shape index (κ2) is 3.44. The average Bonchev–Trinajstić information content (AvgIpc) is 1.85. The Morgan fingerprint density at radius 3 is 2.09 bits per heavy atom. The molecule has 0 amide bonds. The predicted molar refractivity (Wildman–Crippen MR) is 49.1 cm³/mol. The summed E-state index contributed by atoms with van der Waals surface area (Å²) in [7, 11) is 0. The minimum absolute atomic E-state index is 0.387. The Morgan fingerprint density at radius 1 is 1.27 bits per heavy atom. The van der Waals surface area contributed by atoms with Crippen LogP contribution in [0.1, 0.15) is 11.1 Å². The molecule has 0 radical (unpaired) electrons. The molecular weight excluding hydrogens is 181 g/mol. The highest BCUT2D eigenvalue weighted by molar-refractivity contribution is 6.36. The van der Waals surface area contributed by atoms with Gasteiger partial charge in [0.05, 0.1) is 0 Å². The molecule has 0 saturated heterocycles. The van der Waals surface area contributed by atoms with Gasteiger partial charge in [0.25, 0.3) is 0 Å². The quantitative estimate of drug-likeness (QED) is 0.723. The topological polar surface area (TPSA) is 26.0 Å². The first kappa shape index (κ1) is 8.85. The number of rotatable bonds is 1. The van der Waals surface area contributed by atoms with Crippen molar-refractivity contribution >= 4 is 23.2 Å². The second-order valence-electron chi connectivity index (χ2n) is 2.41. The van der Waals surface area contributed by atoms with Gasteiger partial charge in [-0.1, -0.05) is 23.2 Å². The number of hydrogen-bond donors (Lipinski definition) is 1. The summed E-state index contributed by atoms with van der Waals surface area (Å²) in [6.07, 6.45) is 0. The smallest absolute Gasteiger partial charge is 0.0468 e. The summed E-state index contributed by atoms with van der Waals surface area (Å²) in [5, 5.41) is 1.30. The summed E-state index contributed by atoms with van der Waals surface area (Å²) in [4.78, 5) is 0. The van der Waals surface area contributed by atoms with Crippen molar-refractivity contribution in [1.82, 2.24) is 0 Å². The molecule has 3 heteroatoms. The zero-order valence-electron chi connectivity index (χ0n) is 6.20. The largest absolute Gasteiger partial charge is 0.326 e. The molecule has 2 N–H and O–H groups in total. The molecule has 60 valence electrons. The summed E-state index contributed by atoms with van der Waals surface area (Å²) in [5.74, 6) is 0. The lowest BCUT2D eigenvalue weighted by atomic mass is 10.1. The molecular formula is C8H9Cl2N. The molecule has 1 rings (SSSR count). The summed E-state index contributed by atoms with van der Waals surface area (Å²) in [6, 6.07) is 3.71. The number of halogens is 2. The maximum atomic E-state index is 5.87. The molecule has 0 heterocycles. The van der Waals surface area contributed by atoms with E-state index >= 15 is 0 Å². The summed E-state index contributed by atoms with van der Waals surface area (Å²) in [5.41, 5.74) is 7.30. The van der Waals surface area contributed by atoms with Crippen molar-refractivity contribution < 1.29 is 0 Å². The molecule has 0 aliphatic rings. The van der Waals surface area contributed by atoms with E-state index in [1.807, 2.05) is 19.1 Å². The Balaban J connectivity index is 3.25. The number of hydrogen-bond acceptors (Lipinski definition) is 1. The lowest BCUT2D eigenvalue weighted by molar-refractivity contribution is 1.07. The van der Waals surface area contributed by atoms with Crippen molar-refractivity contribution in [1.29, 1.82) is 0 Å². The van der Waals surface area contributed by atoms with Gasteiger partial charge in [0, 0.05) is 22.2 Å². The second-order valence-corrected chi connectivity index (χ2v) is 3.23. The number of nitrogens with two attached hydrogens (primary N) is 1. The van der Waals surface area contributed by atoms with Crippen molar-refractivity contribution in [2.75, 3.05) is 0 Å². The van der Waals surface area contributed by atoms with Crippen LogP contribution in [-0.2, 0) is 6.54 Å². The number of aryl methyl sites for hydroxylation is 1. The minimum atomic E-state index is 0.387. The molecule has 0 aliphatic heterocycles. The van der Waals surface area contributed by atoms with Gasteiger partial charge >= 0.3 is 0 Å². The first-order chi connectivity index (χ1) is 5.15. The van der Waals surface area contributed by atoms with Crippen molar-refractivity contribution in [2.45, 2.75) is 13.5 Å².